The summed E-state index contributed by atoms with van der Waals surface area (Å²) in [5.74, 6) is -0.303. The number of hydrogen-bond donors (Lipinski definition) is 0. The molecular formula is C12H13ClO2. The zero-order valence-corrected chi connectivity index (χ0v) is 9.33. The van der Waals surface area contributed by atoms with Crippen LogP contribution in [0.15, 0.2) is 30.3 Å². The lowest BCUT2D eigenvalue weighted by Gasteiger charge is -2.39. The van der Waals surface area contributed by atoms with Crippen molar-refractivity contribution < 1.29 is 9.53 Å². The summed E-state index contributed by atoms with van der Waals surface area (Å²) < 4.78 is 5.01. The highest BCUT2D eigenvalue weighted by Crippen LogP contribution is 2.36. The van der Waals surface area contributed by atoms with E-state index in [4.69, 9.17) is 16.3 Å². The Hall–Kier alpha value is -1.02. The van der Waals surface area contributed by atoms with Gasteiger partial charge >= 0.3 is 5.97 Å². The summed E-state index contributed by atoms with van der Waals surface area (Å²) in [5.41, 5.74) is 1.24. The first kappa shape index (κ1) is 10.5. The van der Waals surface area contributed by atoms with Crippen molar-refractivity contribution in [1.29, 1.82) is 0 Å². The lowest BCUT2D eigenvalue weighted by atomic mass is 9.92. The van der Waals surface area contributed by atoms with E-state index in [0.717, 1.165) is 12.8 Å². The van der Waals surface area contributed by atoms with Gasteiger partial charge in [-0.25, -0.2) is 4.79 Å². The van der Waals surface area contributed by atoms with Crippen molar-refractivity contribution >= 4 is 17.6 Å². The standard InChI is InChI=1S/C12H13ClO2/c1-12(13)10(15-11(12)14)8-7-9-5-3-2-4-6-9/h2-6,10H,7-8H2,1H3. The predicted molar refractivity (Wildman–Crippen MR) is 58.9 cm³/mol. The van der Waals surface area contributed by atoms with Gasteiger partial charge in [0.1, 0.15) is 6.10 Å². The first-order valence-corrected chi connectivity index (χ1v) is 5.42. The molecule has 2 nitrogen and oxygen atoms in total. The number of rotatable bonds is 3. The number of benzene rings is 1. The maximum atomic E-state index is 11.0. The van der Waals surface area contributed by atoms with Crippen molar-refractivity contribution in [3.8, 4) is 0 Å². The van der Waals surface area contributed by atoms with Gasteiger partial charge < -0.3 is 4.74 Å². The molecule has 2 unspecified atom stereocenters. The Morgan fingerprint density at radius 3 is 2.60 bits per heavy atom. The van der Waals surface area contributed by atoms with E-state index in [0.29, 0.717) is 0 Å². The summed E-state index contributed by atoms with van der Waals surface area (Å²) in [5, 5.41) is 0. The Labute approximate surface area is 94.2 Å². The molecule has 1 saturated heterocycles. The van der Waals surface area contributed by atoms with Gasteiger partial charge in [-0.05, 0) is 25.3 Å². The Bertz CT molecular complexity index is 359. The van der Waals surface area contributed by atoms with E-state index < -0.39 is 4.87 Å². The van der Waals surface area contributed by atoms with Gasteiger partial charge in [-0.3, -0.25) is 0 Å². The van der Waals surface area contributed by atoms with Gasteiger partial charge in [-0.1, -0.05) is 30.3 Å². The Morgan fingerprint density at radius 2 is 2.07 bits per heavy atom. The average molecular weight is 225 g/mol. The van der Waals surface area contributed by atoms with Crippen LogP contribution in [0.4, 0.5) is 0 Å². The molecule has 2 atom stereocenters. The minimum absolute atomic E-state index is 0.146. The molecule has 2 rings (SSSR count). The van der Waals surface area contributed by atoms with Gasteiger partial charge in [0.2, 0.25) is 0 Å². The number of halogens is 1. The maximum absolute atomic E-state index is 11.0. The molecule has 0 saturated carbocycles. The number of cyclic esters (lactones) is 1. The number of carbonyl (C=O) groups excluding carboxylic acids is 1. The number of esters is 1. The Morgan fingerprint density at radius 1 is 1.40 bits per heavy atom. The van der Waals surface area contributed by atoms with Crippen LogP contribution in [0.25, 0.3) is 0 Å². The minimum Gasteiger partial charge on any atom is -0.458 e. The molecule has 1 heterocycles. The van der Waals surface area contributed by atoms with Crippen molar-refractivity contribution in [2.75, 3.05) is 0 Å². The van der Waals surface area contributed by atoms with Crippen molar-refractivity contribution in [1.82, 2.24) is 0 Å². The monoisotopic (exact) mass is 224 g/mol. The molecule has 1 aliphatic rings. The molecule has 0 aromatic heterocycles. The van der Waals surface area contributed by atoms with E-state index >= 15 is 0 Å². The Balaban J connectivity index is 1.88. The Kier molecular flexibility index (Phi) is 2.70. The molecule has 1 fully saturated rings. The lowest BCUT2D eigenvalue weighted by Crippen LogP contribution is -2.56. The SMILES string of the molecule is CC1(Cl)C(=O)OC1CCc1ccccc1. The van der Waals surface area contributed by atoms with Crippen LogP contribution in [0.3, 0.4) is 0 Å². The summed E-state index contributed by atoms with van der Waals surface area (Å²) in [6.07, 6.45) is 1.53. The van der Waals surface area contributed by atoms with Gasteiger partial charge in [0.15, 0.2) is 4.87 Å². The predicted octanol–water partition coefficient (Wildman–Crippen LogP) is 2.54. The molecule has 0 amide bonds. The summed E-state index contributed by atoms with van der Waals surface area (Å²) >= 11 is 6.01. The third-order valence-corrected chi connectivity index (χ3v) is 3.19. The molecule has 0 aliphatic carbocycles. The molecule has 0 N–H and O–H groups in total. The van der Waals surface area contributed by atoms with Crippen LogP contribution >= 0.6 is 11.6 Å². The second kappa shape index (κ2) is 3.86. The van der Waals surface area contributed by atoms with Crippen LogP contribution in [-0.4, -0.2) is 16.9 Å². The molecular weight excluding hydrogens is 212 g/mol. The highest BCUT2D eigenvalue weighted by Gasteiger charge is 2.52. The quantitative estimate of drug-likeness (QED) is 0.583. The van der Waals surface area contributed by atoms with Crippen molar-refractivity contribution in [2.24, 2.45) is 0 Å². The van der Waals surface area contributed by atoms with Crippen molar-refractivity contribution in [2.45, 2.75) is 30.7 Å². The first-order valence-electron chi connectivity index (χ1n) is 5.04. The summed E-state index contributed by atoms with van der Waals surface area (Å²) in [4.78, 5) is 10.2. The topological polar surface area (TPSA) is 26.3 Å². The largest absolute Gasteiger partial charge is 0.458 e. The van der Waals surface area contributed by atoms with E-state index in [9.17, 15) is 4.79 Å². The molecule has 1 aliphatic heterocycles. The highest BCUT2D eigenvalue weighted by atomic mass is 35.5. The fourth-order valence-electron chi connectivity index (χ4n) is 1.70. The molecule has 0 bridgehead atoms. The zero-order valence-electron chi connectivity index (χ0n) is 8.57. The maximum Gasteiger partial charge on any atom is 0.331 e. The van der Waals surface area contributed by atoms with Crippen LogP contribution in [0, 0.1) is 0 Å². The second-order valence-corrected chi connectivity index (χ2v) is 4.78. The van der Waals surface area contributed by atoms with Crippen LogP contribution < -0.4 is 0 Å². The third-order valence-electron chi connectivity index (χ3n) is 2.79. The fourth-order valence-corrected chi connectivity index (χ4v) is 1.90. The van der Waals surface area contributed by atoms with Crippen molar-refractivity contribution in [3.05, 3.63) is 35.9 Å². The van der Waals surface area contributed by atoms with Crippen molar-refractivity contribution in [3.63, 3.8) is 0 Å². The second-order valence-electron chi connectivity index (χ2n) is 3.99. The molecule has 1 aromatic rings. The normalized spacial score (nSPS) is 29.5. The number of ether oxygens (including phenoxy) is 1. The molecule has 1 aromatic carbocycles. The molecule has 0 radical (unpaired) electrons. The van der Waals surface area contributed by atoms with Crippen LogP contribution in [0.1, 0.15) is 18.9 Å². The van der Waals surface area contributed by atoms with Gasteiger partial charge in [0.05, 0.1) is 0 Å². The number of hydrogen-bond acceptors (Lipinski definition) is 2. The van der Waals surface area contributed by atoms with Gasteiger partial charge in [-0.2, -0.15) is 0 Å². The molecule has 15 heavy (non-hydrogen) atoms. The van der Waals surface area contributed by atoms with E-state index in [2.05, 4.69) is 12.1 Å². The number of alkyl halides is 1. The number of carbonyl (C=O) groups is 1. The van der Waals surface area contributed by atoms with Gasteiger partial charge in [0, 0.05) is 0 Å². The molecule has 3 heteroatoms. The number of aryl methyl sites for hydroxylation is 1. The van der Waals surface area contributed by atoms with E-state index in [1.165, 1.54) is 5.56 Å². The molecule has 0 spiro atoms. The first-order chi connectivity index (χ1) is 7.10. The van der Waals surface area contributed by atoms with Crippen LogP contribution in [0.5, 0.6) is 0 Å². The van der Waals surface area contributed by atoms with E-state index in [-0.39, 0.29) is 12.1 Å². The van der Waals surface area contributed by atoms with Gasteiger partial charge in [0.25, 0.3) is 0 Å². The highest BCUT2D eigenvalue weighted by molar-refractivity contribution is 6.36. The average Bonchev–Trinajstić information content (AvgIpc) is 2.25. The van der Waals surface area contributed by atoms with Gasteiger partial charge in [-0.15, -0.1) is 11.6 Å². The van der Waals surface area contributed by atoms with E-state index in [1.807, 2.05) is 18.2 Å². The zero-order chi connectivity index (χ0) is 10.9. The third kappa shape index (κ3) is 2.00. The molecule has 80 valence electrons. The minimum atomic E-state index is -0.811. The van der Waals surface area contributed by atoms with E-state index in [1.54, 1.807) is 6.92 Å². The lowest BCUT2D eigenvalue weighted by molar-refractivity contribution is -0.178. The fraction of sp³-hybridized carbons (Fsp3) is 0.417. The smallest absolute Gasteiger partial charge is 0.331 e. The summed E-state index contributed by atoms with van der Waals surface area (Å²) in [7, 11) is 0. The summed E-state index contributed by atoms with van der Waals surface area (Å²) in [6, 6.07) is 10.1. The van der Waals surface area contributed by atoms with Crippen LogP contribution in [-0.2, 0) is 16.0 Å². The van der Waals surface area contributed by atoms with Crippen LogP contribution in [0.2, 0.25) is 0 Å². The summed E-state index contributed by atoms with van der Waals surface area (Å²) in [6.45, 7) is 1.72.